The first-order valence-electron chi connectivity index (χ1n) is 9.01. The van der Waals surface area contributed by atoms with E-state index in [1.165, 1.54) is 25.7 Å². The maximum absolute atomic E-state index is 6.00. The minimum Gasteiger partial charge on any atom is -0.368 e. The Kier molecular flexibility index (Phi) is 4.74. The third kappa shape index (κ3) is 3.87. The Labute approximate surface area is 147 Å². The summed E-state index contributed by atoms with van der Waals surface area (Å²) in [5.41, 5.74) is 1.96. The summed E-state index contributed by atoms with van der Waals surface area (Å²) in [6.07, 6.45) is 10.2. The van der Waals surface area contributed by atoms with Crippen LogP contribution in [0.4, 0.5) is 11.5 Å². The molecule has 0 bridgehead atoms. The number of hydrogen-bond donors (Lipinski definition) is 1. The molecule has 0 aromatic carbocycles. The van der Waals surface area contributed by atoms with Crippen LogP contribution in [-0.2, 0) is 4.74 Å². The summed E-state index contributed by atoms with van der Waals surface area (Å²) in [6, 6.07) is 2.58. The Morgan fingerprint density at radius 1 is 1.16 bits per heavy atom. The number of nitrogens with one attached hydrogen (secondary N) is 1. The average molecular weight is 340 g/mol. The van der Waals surface area contributed by atoms with Gasteiger partial charge in [0.2, 0.25) is 0 Å². The van der Waals surface area contributed by atoms with E-state index in [-0.39, 0.29) is 6.10 Å². The Balaban J connectivity index is 1.51. The molecule has 1 aliphatic heterocycles. The fourth-order valence-electron chi connectivity index (χ4n) is 3.63. The first-order chi connectivity index (χ1) is 12.3. The van der Waals surface area contributed by atoms with Crippen molar-refractivity contribution >= 4 is 11.5 Å². The second kappa shape index (κ2) is 7.31. The first kappa shape index (κ1) is 16.2. The van der Waals surface area contributed by atoms with Gasteiger partial charge in [0.25, 0.3) is 0 Å². The van der Waals surface area contributed by atoms with Gasteiger partial charge in [0, 0.05) is 18.7 Å². The minimum atomic E-state index is -0.0696. The van der Waals surface area contributed by atoms with Gasteiger partial charge < -0.3 is 15.0 Å². The number of ether oxygens (including phenoxy) is 1. The smallest absolute Gasteiger partial charge is 0.130 e. The van der Waals surface area contributed by atoms with Crippen molar-refractivity contribution in [2.24, 2.45) is 0 Å². The van der Waals surface area contributed by atoms with Gasteiger partial charge in [-0.1, -0.05) is 12.8 Å². The third-order valence-corrected chi connectivity index (χ3v) is 4.87. The van der Waals surface area contributed by atoms with Crippen molar-refractivity contribution in [2.45, 2.75) is 44.8 Å². The van der Waals surface area contributed by atoms with Crippen LogP contribution in [0.3, 0.4) is 0 Å². The normalized spacial score (nSPS) is 21.5. The Bertz CT molecular complexity index is 704. The van der Waals surface area contributed by atoms with Gasteiger partial charge in [-0.05, 0) is 19.8 Å². The topological polar surface area (TPSA) is 76.1 Å². The SMILES string of the molecule is Cc1nc(NC2CCCC2)cc([C@H]2CN(c3cncnc3)CCO2)n1. The third-order valence-electron chi connectivity index (χ3n) is 4.87. The molecule has 0 amide bonds. The molecule has 0 radical (unpaired) electrons. The van der Waals surface area contributed by atoms with E-state index in [4.69, 9.17) is 4.74 Å². The molecular formula is C18H24N6O. The van der Waals surface area contributed by atoms with Crippen molar-refractivity contribution in [1.29, 1.82) is 0 Å². The number of anilines is 2. The monoisotopic (exact) mass is 340 g/mol. The molecule has 25 heavy (non-hydrogen) atoms. The second-order valence-corrected chi connectivity index (χ2v) is 6.75. The molecule has 1 saturated carbocycles. The molecule has 0 unspecified atom stereocenters. The van der Waals surface area contributed by atoms with Gasteiger partial charge in [-0.15, -0.1) is 0 Å². The van der Waals surface area contributed by atoms with Crippen LogP contribution in [0.25, 0.3) is 0 Å². The van der Waals surface area contributed by atoms with Gasteiger partial charge in [0.15, 0.2) is 0 Å². The zero-order valence-corrected chi connectivity index (χ0v) is 14.6. The molecule has 2 fully saturated rings. The number of aryl methyl sites for hydroxylation is 1. The first-order valence-corrected chi connectivity index (χ1v) is 9.01. The summed E-state index contributed by atoms with van der Waals surface area (Å²) in [7, 11) is 0. The Hall–Kier alpha value is -2.28. The quantitative estimate of drug-likeness (QED) is 0.916. The largest absolute Gasteiger partial charge is 0.368 e. The molecule has 0 spiro atoms. The van der Waals surface area contributed by atoms with Gasteiger partial charge in [-0.25, -0.2) is 19.9 Å². The Morgan fingerprint density at radius 3 is 2.76 bits per heavy atom. The number of nitrogens with zero attached hydrogens (tertiary/aromatic N) is 5. The second-order valence-electron chi connectivity index (χ2n) is 6.75. The van der Waals surface area contributed by atoms with Crippen LogP contribution in [0.5, 0.6) is 0 Å². The molecular weight excluding hydrogens is 316 g/mol. The van der Waals surface area contributed by atoms with Gasteiger partial charge in [-0.2, -0.15) is 0 Å². The highest BCUT2D eigenvalue weighted by atomic mass is 16.5. The van der Waals surface area contributed by atoms with Crippen molar-refractivity contribution in [3.63, 3.8) is 0 Å². The average Bonchev–Trinajstić information content (AvgIpc) is 3.15. The van der Waals surface area contributed by atoms with Crippen LogP contribution >= 0.6 is 0 Å². The summed E-state index contributed by atoms with van der Waals surface area (Å²) >= 11 is 0. The summed E-state index contributed by atoms with van der Waals surface area (Å²) in [5, 5.41) is 3.56. The standard InChI is InChI=1S/C18H24N6O/c1-13-21-16(8-18(22-13)23-14-4-2-3-5-14)17-11-24(6-7-25-17)15-9-19-12-20-10-15/h8-10,12,14,17H,2-7,11H2,1H3,(H,21,22,23)/t17-/m1/s1. The molecule has 132 valence electrons. The van der Waals surface area contributed by atoms with Crippen LogP contribution in [0.15, 0.2) is 24.8 Å². The van der Waals surface area contributed by atoms with E-state index in [1.807, 2.05) is 25.4 Å². The molecule has 1 saturated heterocycles. The summed E-state index contributed by atoms with van der Waals surface area (Å²) < 4.78 is 6.00. The number of aromatic nitrogens is 4. The van der Waals surface area contributed by atoms with E-state index in [9.17, 15) is 0 Å². The maximum Gasteiger partial charge on any atom is 0.130 e. The number of morpholine rings is 1. The molecule has 1 atom stereocenters. The summed E-state index contributed by atoms with van der Waals surface area (Å²) in [6.45, 7) is 4.18. The Morgan fingerprint density at radius 2 is 1.96 bits per heavy atom. The predicted octanol–water partition coefficient (Wildman–Crippen LogP) is 2.51. The fraction of sp³-hybridized carbons (Fsp3) is 0.556. The zero-order chi connectivity index (χ0) is 17.1. The summed E-state index contributed by atoms with van der Waals surface area (Å²) in [5.74, 6) is 1.69. The maximum atomic E-state index is 6.00. The highest BCUT2D eigenvalue weighted by molar-refractivity contribution is 5.43. The van der Waals surface area contributed by atoms with E-state index < -0.39 is 0 Å². The highest BCUT2D eigenvalue weighted by Crippen LogP contribution is 2.27. The highest BCUT2D eigenvalue weighted by Gasteiger charge is 2.25. The van der Waals surface area contributed by atoms with E-state index in [0.717, 1.165) is 36.1 Å². The molecule has 1 N–H and O–H groups in total. The van der Waals surface area contributed by atoms with Crippen molar-refractivity contribution in [2.75, 3.05) is 29.9 Å². The van der Waals surface area contributed by atoms with Crippen molar-refractivity contribution in [3.05, 3.63) is 36.3 Å². The van der Waals surface area contributed by atoms with E-state index in [2.05, 4.69) is 30.2 Å². The fourth-order valence-corrected chi connectivity index (χ4v) is 3.63. The van der Waals surface area contributed by atoms with Crippen molar-refractivity contribution < 1.29 is 4.74 Å². The number of hydrogen-bond acceptors (Lipinski definition) is 7. The van der Waals surface area contributed by atoms with E-state index in [0.29, 0.717) is 12.6 Å². The van der Waals surface area contributed by atoms with Crippen LogP contribution in [-0.4, -0.2) is 45.7 Å². The number of rotatable bonds is 4. The van der Waals surface area contributed by atoms with Gasteiger partial charge in [0.05, 0.1) is 36.9 Å². The van der Waals surface area contributed by atoms with Crippen LogP contribution in [0, 0.1) is 6.92 Å². The molecule has 2 aliphatic rings. The van der Waals surface area contributed by atoms with Gasteiger partial charge in [-0.3, -0.25) is 0 Å². The molecule has 7 nitrogen and oxygen atoms in total. The lowest BCUT2D eigenvalue weighted by atomic mass is 10.1. The lowest BCUT2D eigenvalue weighted by Gasteiger charge is -2.34. The van der Waals surface area contributed by atoms with Crippen molar-refractivity contribution in [1.82, 2.24) is 19.9 Å². The van der Waals surface area contributed by atoms with Crippen LogP contribution < -0.4 is 10.2 Å². The van der Waals surface area contributed by atoms with E-state index in [1.54, 1.807) is 6.33 Å². The van der Waals surface area contributed by atoms with Crippen LogP contribution in [0.2, 0.25) is 0 Å². The molecule has 3 heterocycles. The molecule has 4 rings (SSSR count). The summed E-state index contributed by atoms with van der Waals surface area (Å²) in [4.78, 5) is 19.7. The lowest BCUT2D eigenvalue weighted by Crippen LogP contribution is -2.38. The van der Waals surface area contributed by atoms with Gasteiger partial charge >= 0.3 is 0 Å². The molecule has 1 aliphatic carbocycles. The van der Waals surface area contributed by atoms with Crippen LogP contribution in [0.1, 0.15) is 43.3 Å². The zero-order valence-electron chi connectivity index (χ0n) is 14.6. The lowest BCUT2D eigenvalue weighted by molar-refractivity contribution is 0.0368. The molecule has 7 heteroatoms. The van der Waals surface area contributed by atoms with E-state index >= 15 is 0 Å². The van der Waals surface area contributed by atoms with Crippen molar-refractivity contribution in [3.8, 4) is 0 Å². The predicted molar refractivity (Wildman–Crippen MR) is 95.6 cm³/mol. The molecule has 2 aromatic heterocycles. The molecule has 2 aromatic rings. The minimum absolute atomic E-state index is 0.0696. The van der Waals surface area contributed by atoms with Gasteiger partial charge in [0.1, 0.15) is 24.1 Å².